The number of hydrogen-bond acceptors (Lipinski definition) is 3. The second-order valence-electron chi connectivity index (χ2n) is 5.46. The number of nitrogens with one attached hydrogen (secondary N) is 2. The van der Waals surface area contributed by atoms with Gasteiger partial charge in [0.15, 0.2) is 0 Å². The quantitative estimate of drug-likeness (QED) is 0.769. The zero-order valence-electron chi connectivity index (χ0n) is 11.9. The second kappa shape index (κ2) is 6.18. The van der Waals surface area contributed by atoms with E-state index in [-0.39, 0.29) is 11.8 Å². The van der Waals surface area contributed by atoms with Gasteiger partial charge in [-0.05, 0) is 47.1 Å². The monoisotopic (exact) mass is 255 g/mol. The molecule has 1 atom stereocenters. The Morgan fingerprint density at radius 3 is 2.22 bits per heavy atom. The molecule has 1 aliphatic rings. The van der Waals surface area contributed by atoms with E-state index in [1.807, 2.05) is 4.90 Å². The first-order chi connectivity index (χ1) is 8.38. The SMILES string of the molecule is CNC(C)(C)C(=O)NC(C)C(=O)N1CCCCC1. The van der Waals surface area contributed by atoms with E-state index in [1.54, 1.807) is 27.8 Å². The van der Waals surface area contributed by atoms with Gasteiger partial charge in [0.2, 0.25) is 11.8 Å². The van der Waals surface area contributed by atoms with E-state index in [1.165, 1.54) is 6.42 Å². The highest BCUT2D eigenvalue weighted by atomic mass is 16.2. The van der Waals surface area contributed by atoms with E-state index in [9.17, 15) is 9.59 Å². The maximum atomic E-state index is 12.1. The van der Waals surface area contributed by atoms with Crippen LogP contribution in [-0.2, 0) is 9.59 Å². The van der Waals surface area contributed by atoms with Gasteiger partial charge >= 0.3 is 0 Å². The molecule has 18 heavy (non-hydrogen) atoms. The maximum Gasteiger partial charge on any atom is 0.244 e. The average molecular weight is 255 g/mol. The molecule has 1 aliphatic heterocycles. The van der Waals surface area contributed by atoms with E-state index >= 15 is 0 Å². The molecule has 1 saturated heterocycles. The minimum atomic E-state index is -0.656. The van der Waals surface area contributed by atoms with Crippen molar-refractivity contribution in [3.63, 3.8) is 0 Å². The summed E-state index contributed by atoms with van der Waals surface area (Å²) in [6, 6.07) is -0.455. The first-order valence-corrected chi connectivity index (χ1v) is 6.67. The summed E-state index contributed by atoms with van der Waals surface area (Å²) in [5, 5.41) is 5.70. The van der Waals surface area contributed by atoms with Crippen LogP contribution in [0.3, 0.4) is 0 Å². The summed E-state index contributed by atoms with van der Waals surface area (Å²) in [5.74, 6) is -0.127. The fraction of sp³-hybridized carbons (Fsp3) is 0.846. The molecule has 104 valence electrons. The Bertz CT molecular complexity index is 309. The molecule has 0 spiro atoms. The van der Waals surface area contributed by atoms with Crippen molar-refractivity contribution in [2.75, 3.05) is 20.1 Å². The van der Waals surface area contributed by atoms with Crippen LogP contribution in [0, 0.1) is 0 Å². The van der Waals surface area contributed by atoms with Crippen LogP contribution in [0.4, 0.5) is 0 Å². The summed E-state index contributed by atoms with van der Waals surface area (Å²) in [7, 11) is 1.73. The topological polar surface area (TPSA) is 61.4 Å². The van der Waals surface area contributed by atoms with E-state index in [0.717, 1.165) is 25.9 Å². The lowest BCUT2D eigenvalue weighted by Crippen LogP contribution is -2.56. The summed E-state index contributed by atoms with van der Waals surface area (Å²) in [5.41, 5.74) is -0.656. The molecule has 2 N–H and O–H groups in total. The third-order valence-electron chi connectivity index (χ3n) is 3.58. The summed E-state index contributed by atoms with van der Waals surface area (Å²) in [6.45, 7) is 6.96. The van der Waals surface area contributed by atoms with E-state index < -0.39 is 11.6 Å². The van der Waals surface area contributed by atoms with Crippen LogP contribution in [0.25, 0.3) is 0 Å². The molecule has 2 amide bonds. The number of carbonyl (C=O) groups is 2. The van der Waals surface area contributed by atoms with Gasteiger partial charge in [0.25, 0.3) is 0 Å². The van der Waals surface area contributed by atoms with Crippen molar-refractivity contribution in [2.24, 2.45) is 0 Å². The summed E-state index contributed by atoms with van der Waals surface area (Å²) in [6.07, 6.45) is 3.32. The van der Waals surface area contributed by atoms with Crippen LogP contribution in [0.5, 0.6) is 0 Å². The van der Waals surface area contributed by atoms with Crippen LogP contribution in [0.2, 0.25) is 0 Å². The third kappa shape index (κ3) is 3.70. The minimum absolute atomic E-state index is 0.0231. The van der Waals surface area contributed by atoms with Crippen LogP contribution in [-0.4, -0.2) is 48.4 Å². The smallest absolute Gasteiger partial charge is 0.244 e. The number of nitrogens with zero attached hydrogens (tertiary/aromatic N) is 1. The normalized spacial score (nSPS) is 18.3. The zero-order chi connectivity index (χ0) is 13.8. The Balaban J connectivity index is 2.51. The van der Waals surface area contributed by atoms with Gasteiger partial charge in [-0.15, -0.1) is 0 Å². The highest BCUT2D eigenvalue weighted by Gasteiger charge is 2.29. The molecule has 5 heteroatoms. The van der Waals surface area contributed by atoms with Gasteiger partial charge in [-0.1, -0.05) is 0 Å². The van der Waals surface area contributed by atoms with Gasteiger partial charge < -0.3 is 15.5 Å². The molecule has 0 aromatic rings. The number of piperidine rings is 1. The van der Waals surface area contributed by atoms with Crippen molar-refractivity contribution in [3.05, 3.63) is 0 Å². The fourth-order valence-corrected chi connectivity index (χ4v) is 1.94. The number of carbonyl (C=O) groups excluding carboxylic acids is 2. The number of amides is 2. The second-order valence-corrected chi connectivity index (χ2v) is 5.46. The summed E-state index contributed by atoms with van der Waals surface area (Å²) < 4.78 is 0. The van der Waals surface area contributed by atoms with E-state index in [0.29, 0.717) is 0 Å². The van der Waals surface area contributed by atoms with Crippen LogP contribution < -0.4 is 10.6 Å². The molecule has 0 saturated carbocycles. The Kier molecular flexibility index (Phi) is 5.14. The molecule has 0 aliphatic carbocycles. The summed E-state index contributed by atoms with van der Waals surface area (Å²) >= 11 is 0. The standard InChI is InChI=1S/C13H25N3O2/c1-10(15-12(18)13(2,3)14-4)11(17)16-8-6-5-7-9-16/h10,14H,5-9H2,1-4H3,(H,15,18). The zero-order valence-corrected chi connectivity index (χ0v) is 11.9. The lowest BCUT2D eigenvalue weighted by Gasteiger charge is -2.31. The molecule has 0 bridgehead atoms. The molecule has 0 aromatic carbocycles. The lowest BCUT2D eigenvalue weighted by atomic mass is 10.0. The highest BCUT2D eigenvalue weighted by Crippen LogP contribution is 2.10. The van der Waals surface area contributed by atoms with Crippen LogP contribution in [0.15, 0.2) is 0 Å². The van der Waals surface area contributed by atoms with Crippen molar-refractivity contribution in [1.82, 2.24) is 15.5 Å². The number of rotatable bonds is 4. The minimum Gasteiger partial charge on any atom is -0.343 e. The Morgan fingerprint density at radius 1 is 1.17 bits per heavy atom. The lowest BCUT2D eigenvalue weighted by molar-refractivity contribution is -0.138. The molecule has 0 aromatic heterocycles. The van der Waals surface area contributed by atoms with Gasteiger partial charge in [-0.2, -0.15) is 0 Å². The predicted octanol–water partition coefficient (Wildman–Crippen LogP) is 0.502. The van der Waals surface area contributed by atoms with Crippen molar-refractivity contribution in [3.8, 4) is 0 Å². The van der Waals surface area contributed by atoms with Crippen molar-refractivity contribution in [1.29, 1.82) is 0 Å². The van der Waals surface area contributed by atoms with Gasteiger partial charge in [0, 0.05) is 13.1 Å². The first-order valence-electron chi connectivity index (χ1n) is 6.67. The van der Waals surface area contributed by atoms with Gasteiger partial charge in [-0.25, -0.2) is 0 Å². The summed E-state index contributed by atoms with van der Waals surface area (Å²) in [4.78, 5) is 25.9. The van der Waals surface area contributed by atoms with Crippen LogP contribution >= 0.6 is 0 Å². The molecular weight excluding hydrogens is 230 g/mol. The van der Waals surface area contributed by atoms with Crippen LogP contribution in [0.1, 0.15) is 40.0 Å². The highest BCUT2D eigenvalue weighted by molar-refractivity contribution is 5.91. The number of likely N-dealkylation sites (tertiary alicyclic amines) is 1. The van der Waals surface area contributed by atoms with Crippen molar-refractivity contribution in [2.45, 2.75) is 51.6 Å². The number of likely N-dealkylation sites (N-methyl/N-ethyl adjacent to an activating group) is 1. The third-order valence-corrected chi connectivity index (χ3v) is 3.58. The van der Waals surface area contributed by atoms with Crippen molar-refractivity contribution < 1.29 is 9.59 Å². The van der Waals surface area contributed by atoms with E-state index in [2.05, 4.69) is 10.6 Å². The Labute approximate surface area is 109 Å². The van der Waals surface area contributed by atoms with Gasteiger partial charge in [-0.3, -0.25) is 9.59 Å². The molecule has 1 rings (SSSR count). The predicted molar refractivity (Wildman–Crippen MR) is 71.2 cm³/mol. The maximum absolute atomic E-state index is 12.1. The van der Waals surface area contributed by atoms with Crippen molar-refractivity contribution >= 4 is 11.8 Å². The molecular formula is C13H25N3O2. The Hall–Kier alpha value is -1.10. The molecule has 0 radical (unpaired) electrons. The fourth-order valence-electron chi connectivity index (χ4n) is 1.94. The van der Waals surface area contributed by atoms with Gasteiger partial charge in [0.1, 0.15) is 6.04 Å². The Morgan fingerprint density at radius 2 is 1.72 bits per heavy atom. The van der Waals surface area contributed by atoms with Gasteiger partial charge in [0.05, 0.1) is 5.54 Å². The number of hydrogen-bond donors (Lipinski definition) is 2. The largest absolute Gasteiger partial charge is 0.343 e. The molecule has 1 unspecified atom stereocenters. The molecule has 5 nitrogen and oxygen atoms in total. The molecule has 1 fully saturated rings. The average Bonchev–Trinajstić information content (AvgIpc) is 2.38. The molecule has 1 heterocycles. The first kappa shape index (κ1) is 15.0. The van der Waals surface area contributed by atoms with E-state index in [4.69, 9.17) is 0 Å².